The van der Waals surface area contributed by atoms with Gasteiger partial charge >= 0.3 is 0 Å². The van der Waals surface area contributed by atoms with Crippen molar-refractivity contribution in [1.82, 2.24) is 4.98 Å². The minimum absolute atomic E-state index is 0.222. The summed E-state index contributed by atoms with van der Waals surface area (Å²) in [5.41, 5.74) is 9.36. The van der Waals surface area contributed by atoms with Crippen LogP contribution in [0.5, 0.6) is 0 Å². The summed E-state index contributed by atoms with van der Waals surface area (Å²) >= 11 is 0. The fourth-order valence-corrected chi connectivity index (χ4v) is 6.53. The van der Waals surface area contributed by atoms with Gasteiger partial charge in [0.05, 0.1) is 5.69 Å². The first kappa shape index (κ1) is 13.4. The smallest absolute Gasteiger partial charge is 0.149 e. The summed E-state index contributed by atoms with van der Waals surface area (Å²) in [7, 11) is 0. The SMILES string of the molecule is Cc1cnc(NC23CC4CC(C)(CC(C)(C4)C2)C3)c(N)c1. The minimum Gasteiger partial charge on any atom is -0.396 e. The molecule has 0 aromatic carbocycles. The number of nitrogens with zero attached hydrogens (tertiary/aromatic N) is 1. The first-order valence-electron chi connectivity index (χ1n) is 8.29. The molecule has 0 spiro atoms. The third kappa shape index (κ3) is 2.13. The van der Waals surface area contributed by atoms with Crippen molar-refractivity contribution in [3.63, 3.8) is 0 Å². The van der Waals surface area contributed by atoms with Crippen molar-refractivity contribution in [2.75, 3.05) is 11.1 Å². The largest absolute Gasteiger partial charge is 0.396 e. The fraction of sp³-hybridized carbons (Fsp3) is 0.722. The first-order valence-corrected chi connectivity index (χ1v) is 8.29. The Kier molecular flexibility index (Phi) is 2.51. The molecular weight excluding hydrogens is 258 g/mol. The van der Waals surface area contributed by atoms with Gasteiger partial charge in [-0.15, -0.1) is 0 Å². The third-order valence-electron chi connectivity index (χ3n) is 6.06. The molecule has 4 saturated carbocycles. The maximum Gasteiger partial charge on any atom is 0.149 e. The van der Waals surface area contributed by atoms with Gasteiger partial charge in [-0.1, -0.05) is 13.8 Å². The molecule has 1 aromatic heterocycles. The van der Waals surface area contributed by atoms with Crippen LogP contribution in [0.1, 0.15) is 57.9 Å². The number of nitrogens with two attached hydrogens (primary N) is 1. The van der Waals surface area contributed by atoms with Crippen molar-refractivity contribution in [2.24, 2.45) is 16.7 Å². The van der Waals surface area contributed by atoms with E-state index in [1.807, 2.05) is 19.2 Å². The van der Waals surface area contributed by atoms with Gasteiger partial charge in [0.1, 0.15) is 5.82 Å². The van der Waals surface area contributed by atoms with Gasteiger partial charge in [0, 0.05) is 11.7 Å². The van der Waals surface area contributed by atoms with Crippen LogP contribution in [-0.4, -0.2) is 10.5 Å². The molecule has 4 bridgehead atoms. The number of nitrogens with one attached hydrogen (secondary N) is 1. The van der Waals surface area contributed by atoms with E-state index in [9.17, 15) is 0 Å². The van der Waals surface area contributed by atoms with Gasteiger partial charge in [-0.2, -0.15) is 0 Å². The average molecular weight is 285 g/mol. The molecule has 1 aromatic rings. The third-order valence-corrected chi connectivity index (χ3v) is 6.06. The van der Waals surface area contributed by atoms with Crippen LogP contribution in [0, 0.1) is 23.7 Å². The molecule has 4 fully saturated rings. The summed E-state index contributed by atoms with van der Waals surface area (Å²) in [6.45, 7) is 7.04. The lowest BCUT2D eigenvalue weighted by molar-refractivity contribution is -0.0973. The van der Waals surface area contributed by atoms with Gasteiger partial charge in [-0.25, -0.2) is 4.98 Å². The quantitative estimate of drug-likeness (QED) is 0.859. The van der Waals surface area contributed by atoms with Crippen LogP contribution in [0.3, 0.4) is 0 Å². The van der Waals surface area contributed by atoms with Crippen molar-refractivity contribution in [3.8, 4) is 0 Å². The Morgan fingerprint density at radius 2 is 1.81 bits per heavy atom. The molecule has 1 heterocycles. The number of aromatic nitrogens is 1. The zero-order valence-corrected chi connectivity index (χ0v) is 13.5. The summed E-state index contributed by atoms with van der Waals surface area (Å²) < 4.78 is 0. The predicted molar refractivity (Wildman–Crippen MR) is 87.1 cm³/mol. The van der Waals surface area contributed by atoms with E-state index in [2.05, 4.69) is 24.1 Å². The second-order valence-electron chi connectivity index (χ2n) is 8.99. The molecule has 4 aliphatic carbocycles. The molecule has 0 saturated heterocycles. The molecule has 0 radical (unpaired) electrons. The molecule has 114 valence electrons. The summed E-state index contributed by atoms with van der Waals surface area (Å²) in [4.78, 5) is 4.56. The molecule has 21 heavy (non-hydrogen) atoms. The second-order valence-corrected chi connectivity index (χ2v) is 8.99. The molecule has 3 heteroatoms. The van der Waals surface area contributed by atoms with Crippen LogP contribution in [-0.2, 0) is 0 Å². The predicted octanol–water partition coefficient (Wildman–Crippen LogP) is 4.13. The highest BCUT2D eigenvalue weighted by Gasteiger charge is 2.60. The minimum atomic E-state index is 0.222. The Bertz CT molecular complexity index is 576. The van der Waals surface area contributed by atoms with Crippen molar-refractivity contribution >= 4 is 11.5 Å². The molecule has 0 amide bonds. The number of pyridine rings is 1. The number of rotatable bonds is 2. The van der Waals surface area contributed by atoms with Gasteiger partial charge in [0.2, 0.25) is 0 Å². The first-order chi connectivity index (χ1) is 9.79. The lowest BCUT2D eigenvalue weighted by atomic mass is 9.43. The lowest BCUT2D eigenvalue weighted by Crippen LogP contribution is -2.61. The molecule has 4 aliphatic rings. The van der Waals surface area contributed by atoms with Crippen LogP contribution in [0.4, 0.5) is 11.5 Å². The zero-order chi connectivity index (χ0) is 14.9. The van der Waals surface area contributed by atoms with E-state index >= 15 is 0 Å². The highest BCUT2D eigenvalue weighted by molar-refractivity contribution is 5.63. The second kappa shape index (κ2) is 3.93. The molecule has 3 nitrogen and oxygen atoms in total. The van der Waals surface area contributed by atoms with E-state index in [1.165, 1.54) is 38.5 Å². The lowest BCUT2D eigenvalue weighted by Gasteiger charge is -2.65. The number of hydrogen-bond acceptors (Lipinski definition) is 3. The van der Waals surface area contributed by atoms with Gasteiger partial charge in [-0.3, -0.25) is 0 Å². The number of anilines is 2. The van der Waals surface area contributed by atoms with E-state index in [0.717, 1.165) is 23.0 Å². The summed E-state index contributed by atoms with van der Waals surface area (Å²) in [5.74, 6) is 1.78. The standard InChI is InChI=1S/C18H27N3/c1-12-4-14(19)15(20-8-12)21-18-7-13-5-16(2,10-18)9-17(3,6-13)11-18/h4,8,13H,5-7,9-11,19H2,1-3H3,(H,20,21). The average Bonchev–Trinajstić information content (AvgIpc) is 2.28. The normalized spacial score (nSPS) is 44.0. The van der Waals surface area contributed by atoms with Crippen molar-refractivity contribution in [1.29, 1.82) is 0 Å². The number of hydrogen-bond donors (Lipinski definition) is 2. The van der Waals surface area contributed by atoms with Crippen molar-refractivity contribution < 1.29 is 0 Å². The zero-order valence-electron chi connectivity index (χ0n) is 13.5. The van der Waals surface area contributed by atoms with E-state index in [4.69, 9.17) is 5.73 Å². The highest BCUT2D eigenvalue weighted by atomic mass is 15.1. The van der Waals surface area contributed by atoms with Crippen LogP contribution in [0.25, 0.3) is 0 Å². The van der Waals surface area contributed by atoms with Crippen LogP contribution < -0.4 is 11.1 Å². The van der Waals surface area contributed by atoms with Crippen molar-refractivity contribution in [2.45, 2.75) is 64.8 Å². The van der Waals surface area contributed by atoms with E-state index in [1.54, 1.807) is 0 Å². The summed E-state index contributed by atoms with van der Waals surface area (Å²) in [6, 6.07) is 2.03. The Balaban J connectivity index is 1.68. The van der Waals surface area contributed by atoms with Gasteiger partial charge in [0.15, 0.2) is 0 Å². The fourth-order valence-electron chi connectivity index (χ4n) is 6.53. The Morgan fingerprint density at radius 3 is 2.38 bits per heavy atom. The Morgan fingerprint density at radius 1 is 1.14 bits per heavy atom. The van der Waals surface area contributed by atoms with E-state index in [-0.39, 0.29) is 5.54 Å². The topological polar surface area (TPSA) is 50.9 Å². The molecular formula is C18H27N3. The van der Waals surface area contributed by atoms with E-state index < -0.39 is 0 Å². The Hall–Kier alpha value is -1.25. The van der Waals surface area contributed by atoms with Crippen LogP contribution >= 0.6 is 0 Å². The number of aryl methyl sites for hydroxylation is 1. The van der Waals surface area contributed by atoms with Gasteiger partial charge in [-0.05, 0) is 73.8 Å². The molecule has 5 rings (SSSR count). The van der Waals surface area contributed by atoms with Gasteiger partial charge in [0.25, 0.3) is 0 Å². The van der Waals surface area contributed by atoms with Crippen LogP contribution in [0.15, 0.2) is 12.3 Å². The monoisotopic (exact) mass is 285 g/mol. The highest BCUT2D eigenvalue weighted by Crippen LogP contribution is 2.66. The maximum absolute atomic E-state index is 6.19. The van der Waals surface area contributed by atoms with Gasteiger partial charge < -0.3 is 11.1 Å². The molecule has 2 unspecified atom stereocenters. The van der Waals surface area contributed by atoms with E-state index in [0.29, 0.717) is 10.8 Å². The maximum atomic E-state index is 6.19. The Labute approximate surface area is 127 Å². The molecule has 3 N–H and O–H groups in total. The van der Waals surface area contributed by atoms with Crippen molar-refractivity contribution in [3.05, 3.63) is 17.8 Å². The molecule has 2 atom stereocenters. The molecule has 0 aliphatic heterocycles. The summed E-state index contributed by atoms with van der Waals surface area (Å²) in [6.07, 6.45) is 10.0. The van der Waals surface area contributed by atoms with Crippen LogP contribution in [0.2, 0.25) is 0 Å². The summed E-state index contributed by atoms with van der Waals surface area (Å²) in [5, 5.41) is 3.80. The number of nitrogen functional groups attached to an aromatic ring is 1.